The summed E-state index contributed by atoms with van der Waals surface area (Å²) < 4.78 is 0. The second-order valence-corrected chi connectivity index (χ2v) is 4.70. The third-order valence-corrected chi connectivity index (χ3v) is 3.49. The van der Waals surface area contributed by atoms with Crippen molar-refractivity contribution in [3.05, 3.63) is 58.1 Å². The lowest BCUT2D eigenvalue weighted by molar-refractivity contribution is -0.138. The number of anilines is 1. The van der Waals surface area contributed by atoms with Gasteiger partial charge in [-0.2, -0.15) is 0 Å². The molecule has 1 aromatic heterocycles. The summed E-state index contributed by atoms with van der Waals surface area (Å²) in [4.78, 5) is 31.4. The van der Waals surface area contributed by atoms with Crippen molar-refractivity contribution in [2.45, 2.75) is 19.0 Å². The molecular weight excluding hydrogens is 258 g/mol. The standard InChI is InChI=1S/C14H13N3O3/c18-13-12(15-5-6-16-13)17-8-10-4-2-1-3-9(10)7-11(17)14(19)20/h1-6,11H,7-8H2,(H,16,18)(H,19,20). The summed E-state index contributed by atoms with van der Waals surface area (Å²) in [5, 5.41) is 9.40. The van der Waals surface area contributed by atoms with Gasteiger partial charge in [0.2, 0.25) is 0 Å². The number of carboxylic acid groups (broad SMARTS) is 1. The Morgan fingerprint density at radius 1 is 1.35 bits per heavy atom. The lowest BCUT2D eigenvalue weighted by Gasteiger charge is -2.34. The number of nitrogens with one attached hydrogen (secondary N) is 1. The Hall–Kier alpha value is -2.63. The number of H-pyrrole nitrogens is 1. The van der Waals surface area contributed by atoms with E-state index in [1.807, 2.05) is 24.3 Å². The highest BCUT2D eigenvalue weighted by Gasteiger charge is 2.33. The first-order valence-corrected chi connectivity index (χ1v) is 6.27. The number of aliphatic carboxylic acids is 1. The molecule has 2 aromatic rings. The average molecular weight is 271 g/mol. The van der Waals surface area contributed by atoms with Gasteiger partial charge in [0.1, 0.15) is 6.04 Å². The van der Waals surface area contributed by atoms with Gasteiger partial charge in [0, 0.05) is 25.4 Å². The fourth-order valence-electron chi connectivity index (χ4n) is 2.51. The van der Waals surface area contributed by atoms with Gasteiger partial charge in [-0.15, -0.1) is 0 Å². The Kier molecular flexibility index (Phi) is 2.98. The zero-order valence-corrected chi connectivity index (χ0v) is 10.6. The van der Waals surface area contributed by atoms with Crippen molar-refractivity contribution in [3.63, 3.8) is 0 Å². The van der Waals surface area contributed by atoms with Crippen molar-refractivity contribution in [1.82, 2.24) is 9.97 Å². The lowest BCUT2D eigenvalue weighted by atomic mass is 9.94. The van der Waals surface area contributed by atoms with Crippen LogP contribution in [0.2, 0.25) is 0 Å². The van der Waals surface area contributed by atoms with E-state index >= 15 is 0 Å². The maximum absolute atomic E-state index is 11.8. The average Bonchev–Trinajstić information content (AvgIpc) is 2.46. The normalized spacial score (nSPS) is 17.6. The van der Waals surface area contributed by atoms with E-state index in [0.29, 0.717) is 13.0 Å². The molecule has 0 amide bonds. The molecule has 1 atom stereocenters. The fourth-order valence-corrected chi connectivity index (χ4v) is 2.51. The third kappa shape index (κ3) is 2.05. The van der Waals surface area contributed by atoms with Crippen molar-refractivity contribution in [3.8, 4) is 0 Å². The summed E-state index contributed by atoms with van der Waals surface area (Å²) in [5.74, 6) is -0.807. The topological polar surface area (TPSA) is 86.3 Å². The number of hydrogen-bond donors (Lipinski definition) is 2. The van der Waals surface area contributed by atoms with Crippen LogP contribution in [0.1, 0.15) is 11.1 Å². The molecule has 0 bridgehead atoms. The molecule has 6 heteroatoms. The third-order valence-electron chi connectivity index (χ3n) is 3.49. The van der Waals surface area contributed by atoms with Gasteiger partial charge < -0.3 is 15.0 Å². The van der Waals surface area contributed by atoms with Crippen molar-refractivity contribution < 1.29 is 9.90 Å². The molecular formula is C14H13N3O3. The van der Waals surface area contributed by atoms with Crippen molar-refractivity contribution in [2.75, 3.05) is 4.90 Å². The number of nitrogens with zero attached hydrogens (tertiary/aromatic N) is 2. The molecule has 3 rings (SSSR count). The van der Waals surface area contributed by atoms with Gasteiger partial charge in [-0.1, -0.05) is 24.3 Å². The van der Waals surface area contributed by atoms with Crippen LogP contribution in [-0.2, 0) is 17.8 Å². The number of aromatic nitrogens is 2. The Balaban J connectivity index is 2.07. The number of carbonyl (C=O) groups is 1. The summed E-state index contributed by atoms with van der Waals surface area (Å²) in [7, 11) is 0. The molecule has 1 aliphatic heterocycles. The molecule has 2 heterocycles. The zero-order valence-electron chi connectivity index (χ0n) is 10.6. The van der Waals surface area contributed by atoms with Gasteiger partial charge in [0.25, 0.3) is 5.56 Å². The van der Waals surface area contributed by atoms with E-state index in [0.717, 1.165) is 11.1 Å². The fraction of sp³-hybridized carbons (Fsp3) is 0.214. The van der Waals surface area contributed by atoms with Gasteiger partial charge in [-0.25, -0.2) is 9.78 Å². The van der Waals surface area contributed by atoms with Crippen LogP contribution < -0.4 is 10.5 Å². The number of fused-ring (bicyclic) bond motifs is 1. The highest BCUT2D eigenvalue weighted by atomic mass is 16.4. The largest absolute Gasteiger partial charge is 0.480 e. The van der Waals surface area contributed by atoms with Crippen LogP contribution in [0.4, 0.5) is 5.82 Å². The molecule has 20 heavy (non-hydrogen) atoms. The van der Waals surface area contributed by atoms with Crippen molar-refractivity contribution in [2.24, 2.45) is 0 Å². The molecule has 1 aliphatic rings. The predicted molar refractivity (Wildman–Crippen MR) is 72.6 cm³/mol. The summed E-state index contributed by atoms with van der Waals surface area (Å²) >= 11 is 0. The summed E-state index contributed by atoms with van der Waals surface area (Å²) in [5.41, 5.74) is 1.65. The molecule has 1 aromatic carbocycles. The van der Waals surface area contributed by atoms with E-state index in [4.69, 9.17) is 0 Å². The molecule has 1 unspecified atom stereocenters. The molecule has 102 valence electrons. The Morgan fingerprint density at radius 3 is 2.80 bits per heavy atom. The maximum Gasteiger partial charge on any atom is 0.326 e. The van der Waals surface area contributed by atoms with E-state index in [-0.39, 0.29) is 11.4 Å². The second-order valence-electron chi connectivity index (χ2n) is 4.70. The Bertz CT molecular complexity index is 711. The molecule has 0 saturated heterocycles. The number of hydrogen-bond acceptors (Lipinski definition) is 4. The number of aromatic amines is 1. The Morgan fingerprint density at radius 2 is 2.10 bits per heavy atom. The first-order valence-electron chi connectivity index (χ1n) is 6.27. The Labute approximate surface area is 114 Å². The molecule has 0 saturated carbocycles. The zero-order chi connectivity index (χ0) is 14.1. The van der Waals surface area contributed by atoms with Gasteiger partial charge in [0.15, 0.2) is 5.82 Å². The molecule has 0 fully saturated rings. The quantitative estimate of drug-likeness (QED) is 0.843. The molecule has 0 aliphatic carbocycles. The SMILES string of the molecule is O=C(O)C1Cc2ccccc2CN1c1ncc[nH]c1=O. The van der Waals surface area contributed by atoms with E-state index in [1.54, 1.807) is 4.90 Å². The minimum Gasteiger partial charge on any atom is -0.480 e. The van der Waals surface area contributed by atoms with Crippen LogP contribution in [0.15, 0.2) is 41.5 Å². The summed E-state index contributed by atoms with van der Waals surface area (Å²) in [6.07, 6.45) is 3.25. The second kappa shape index (κ2) is 4.80. The molecule has 0 spiro atoms. The van der Waals surface area contributed by atoms with Gasteiger partial charge >= 0.3 is 5.97 Å². The summed E-state index contributed by atoms with van der Waals surface area (Å²) in [6, 6.07) is 6.88. The highest BCUT2D eigenvalue weighted by Crippen LogP contribution is 2.25. The minimum atomic E-state index is -0.954. The van der Waals surface area contributed by atoms with Gasteiger partial charge in [0.05, 0.1) is 0 Å². The van der Waals surface area contributed by atoms with Crippen LogP contribution in [0.5, 0.6) is 0 Å². The van der Waals surface area contributed by atoms with E-state index in [2.05, 4.69) is 9.97 Å². The van der Waals surface area contributed by atoms with E-state index in [1.165, 1.54) is 12.4 Å². The number of rotatable bonds is 2. The van der Waals surface area contributed by atoms with Crippen LogP contribution in [0.25, 0.3) is 0 Å². The van der Waals surface area contributed by atoms with Crippen LogP contribution in [0.3, 0.4) is 0 Å². The van der Waals surface area contributed by atoms with E-state index in [9.17, 15) is 14.7 Å². The number of carboxylic acids is 1. The van der Waals surface area contributed by atoms with Crippen LogP contribution in [0, 0.1) is 0 Å². The van der Waals surface area contributed by atoms with E-state index < -0.39 is 12.0 Å². The monoisotopic (exact) mass is 271 g/mol. The molecule has 2 N–H and O–H groups in total. The number of benzene rings is 1. The minimum absolute atomic E-state index is 0.148. The predicted octanol–water partition coefficient (Wildman–Crippen LogP) is 0.786. The molecule has 6 nitrogen and oxygen atoms in total. The molecule has 0 radical (unpaired) electrons. The van der Waals surface area contributed by atoms with Crippen LogP contribution >= 0.6 is 0 Å². The van der Waals surface area contributed by atoms with Crippen molar-refractivity contribution in [1.29, 1.82) is 0 Å². The smallest absolute Gasteiger partial charge is 0.326 e. The van der Waals surface area contributed by atoms with Gasteiger partial charge in [-0.05, 0) is 11.1 Å². The lowest BCUT2D eigenvalue weighted by Crippen LogP contribution is -2.48. The van der Waals surface area contributed by atoms with Crippen LogP contribution in [-0.4, -0.2) is 27.1 Å². The highest BCUT2D eigenvalue weighted by molar-refractivity contribution is 5.79. The van der Waals surface area contributed by atoms with Crippen molar-refractivity contribution >= 4 is 11.8 Å². The summed E-state index contributed by atoms with van der Waals surface area (Å²) in [6.45, 7) is 0.368. The maximum atomic E-state index is 11.8. The first kappa shape index (κ1) is 12.4. The van der Waals surface area contributed by atoms with Gasteiger partial charge in [-0.3, -0.25) is 4.79 Å². The first-order chi connectivity index (χ1) is 9.66.